The zero-order valence-electron chi connectivity index (χ0n) is 39.6. The normalized spacial score (nSPS) is 11.3. The van der Waals surface area contributed by atoms with E-state index in [1.54, 1.807) is 0 Å². The maximum Gasteiger partial charge on any atom is 0.0541 e. The molecule has 0 aliphatic carbocycles. The molecule has 0 saturated heterocycles. The average molecular weight is 917 g/mol. The molecular weight excluding hydrogens is 869 g/mol. The summed E-state index contributed by atoms with van der Waals surface area (Å²) >= 11 is 0. The van der Waals surface area contributed by atoms with Crippen LogP contribution < -0.4 is 4.90 Å². The van der Waals surface area contributed by atoms with Crippen LogP contribution in [0, 0.1) is 0 Å². The van der Waals surface area contributed by atoms with E-state index in [4.69, 9.17) is 0 Å². The highest BCUT2D eigenvalue weighted by atomic mass is 15.1. The lowest BCUT2D eigenvalue weighted by Crippen LogP contribution is -2.09. The van der Waals surface area contributed by atoms with Crippen LogP contribution >= 0.6 is 0 Å². The Balaban J connectivity index is 0.870. The molecule has 0 bridgehead atoms. The highest BCUT2D eigenvalue weighted by Gasteiger charge is 2.17. The largest absolute Gasteiger partial charge is 0.311 e. The Bertz CT molecular complexity index is 3950. The zero-order chi connectivity index (χ0) is 47.8. The van der Waals surface area contributed by atoms with E-state index in [1.807, 2.05) is 0 Å². The molecular formula is C70H48N2. The molecule has 2 nitrogen and oxygen atoms in total. The van der Waals surface area contributed by atoms with Crippen molar-refractivity contribution < 1.29 is 0 Å². The second-order valence-corrected chi connectivity index (χ2v) is 18.6. The van der Waals surface area contributed by atoms with Crippen LogP contribution in [0.1, 0.15) is 0 Å². The van der Waals surface area contributed by atoms with Crippen LogP contribution in [0.5, 0.6) is 0 Å². The number of hydrogen-bond donors (Lipinski definition) is 0. The molecule has 0 aliphatic rings. The Hall–Kier alpha value is -9.50. The first-order chi connectivity index (χ1) is 35.7. The summed E-state index contributed by atoms with van der Waals surface area (Å²) in [7, 11) is 0. The molecule has 338 valence electrons. The van der Waals surface area contributed by atoms with Crippen molar-refractivity contribution in [2.24, 2.45) is 0 Å². The van der Waals surface area contributed by atoms with E-state index in [1.165, 1.54) is 88.2 Å². The lowest BCUT2D eigenvalue weighted by atomic mass is 9.93. The maximum atomic E-state index is 2.39. The highest BCUT2D eigenvalue weighted by molar-refractivity contribution is 6.09. The predicted molar refractivity (Wildman–Crippen MR) is 306 cm³/mol. The highest BCUT2D eigenvalue weighted by Crippen LogP contribution is 2.40. The molecule has 0 fully saturated rings. The quantitative estimate of drug-likeness (QED) is 0.133. The summed E-state index contributed by atoms with van der Waals surface area (Å²) in [6, 6.07) is 106. The molecule has 13 rings (SSSR count). The van der Waals surface area contributed by atoms with Crippen LogP contribution in [0.4, 0.5) is 17.1 Å². The fourth-order valence-electron chi connectivity index (χ4n) is 10.5. The molecule has 72 heavy (non-hydrogen) atoms. The third-order valence-corrected chi connectivity index (χ3v) is 14.2. The Kier molecular flexibility index (Phi) is 10.9. The van der Waals surface area contributed by atoms with Crippen molar-refractivity contribution in [3.63, 3.8) is 0 Å². The summed E-state index contributed by atoms with van der Waals surface area (Å²) in [5.74, 6) is 0. The first-order valence-corrected chi connectivity index (χ1v) is 24.7. The number of fused-ring (bicyclic) bond motifs is 4. The number of para-hydroxylation sites is 2. The van der Waals surface area contributed by atoms with Crippen LogP contribution in [0.2, 0.25) is 0 Å². The minimum atomic E-state index is 1.08. The third-order valence-electron chi connectivity index (χ3n) is 14.2. The molecule has 0 amide bonds. The first kappa shape index (κ1) is 42.6. The van der Waals surface area contributed by atoms with E-state index in [2.05, 4.69) is 301 Å². The van der Waals surface area contributed by atoms with Crippen LogP contribution in [0.25, 0.3) is 105 Å². The molecule has 0 saturated carbocycles. The Labute approximate surface area is 420 Å². The monoisotopic (exact) mass is 916 g/mol. The Morgan fingerprint density at radius 1 is 0.208 bits per heavy atom. The van der Waals surface area contributed by atoms with Gasteiger partial charge in [0.25, 0.3) is 0 Å². The third kappa shape index (κ3) is 8.11. The van der Waals surface area contributed by atoms with E-state index >= 15 is 0 Å². The fourth-order valence-corrected chi connectivity index (χ4v) is 10.5. The predicted octanol–water partition coefficient (Wildman–Crippen LogP) is 19.4. The van der Waals surface area contributed by atoms with Crippen molar-refractivity contribution in [1.29, 1.82) is 0 Å². The van der Waals surface area contributed by atoms with Crippen LogP contribution in [-0.2, 0) is 0 Å². The number of benzene rings is 12. The van der Waals surface area contributed by atoms with E-state index in [0.29, 0.717) is 0 Å². The minimum Gasteiger partial charge on any atom is -0.311 e. The summed E-state index contributed by atoms with van der Waals surface area (Å²) in [4.78, 5) is 2.37. The van der Waals surface area contributed by atoms with E-state index in [0.717, 1.165) is 33.9 Å². The maximum absolute atomic E-state index is 2.39. The number of hydrogen-bond acceptors (Lipinski definition) is 1. The van der Waals surface area contributed by atoms with E-state index in [-0.39, 0.29) is 0 Å². The second-order valence-electron chi connectivity index (χ2n) is 18.6. The van der Waals surface area contributed by atoms with Gasteiger partial charge < -0.3 is 9.47 Å². The molecule has 0 N–H and O–H groups in total. The van der Waals surface area contributed by atoms with Crippen LogP contribution in [0.3, 0.4) is 0 Å². The van der Waals surface area contributed by atoms with Gasteiger partial charge in [0.15, 0.2) is 0 Å². The number of aromatic nitrogens is 1. The summed E-state index contributed by atoms with van der Waals surface area (Å²) in [5, 5.41) is 5.02. The zero-order valence-corrected chi connectivity index (χ0v) is 39.6. The molecule has 12 aromatic carbocycles. The van der Waals surface area contributed by atoms with Gasteiger partial charge in [0.1, 0.15) is 0 Å². The van der Waals surface area contributed by atoms with Gasteiger partial charge in [-0.25, -0.2) is 0 Å². The molecule has 0 aliphatic heterocycles. The Morgan fingerprint density at radius 3 is 1.08 bits per heavy atom. The van der Waals surface area contributed by atoms with Gasteiger partial charge in [-0.3, -0.25) is 0 Å². The van der Waals surface area contributed by atoms with Crippen molar-refractivity contribution in [3.8, 4) is 72.4 Å². The second kappa shape index (κ2) is 18.4. The summed E-state index contributed by atoms with van der Waals surface area (Å²) in [5.41, 5.74) is 21.0. The van der Waals surface area contributed by atoms with Gasteiger partial charge in [-0.05, 0) is 169 Å². The average Bonchev–Trinajstić information content (AvgIpc) is 3.80. The van der Waals surface area contributed by atoms with Crippen molar-refractivity contribution in [1.82, 2.24) is 4.57 Å². The number of anilines is 3. The van der Waals surface area contributed by atoms with Crippen molar-refractivity contribution in [3.05, 3.63) is 291 Å². The lowest BCUT2D eigenvalue weighted by molar-refractivity contribution is 1.18. The molecule has 0 unspecified atom stereocenters. The van der Waals surface area contributed by atoms with Gasteiger partial charge in [0.2, 0.25) is 0 Å². The molecule has 1 heterocycles. The summed E-state index contributed by atoms with van der Waals surface area (Å²) in [6.45, 7) is 0. The van der Waals surface area contributed by atoms with Gasteiger partial charge >= 0.3 is 0 Å². The molecule has 13 aromatic rings. The smallest absolute Gasteiger partial charge is 0.0541 e. The van der Waals surface area contributed by atoms with Gasteiger partial charge in [0.05, 0.1) is 11.0 Å². The lowest BCUT2D eigenvalue weighted by Gasteiger charge is -2.26. The van der Waals surface area contributed by atoms with E-state index < -0.39 is 0 Å². The van der Waals surface area contributed by atoms with Crippen LogP contribution in [-0.4, -0.2) is 4.57 Å². The van der Waals surface area contributed by atoms with Crippen molar-refractivity contribution in [2.45, 2.75) is 0 Å². The fraction of sp³-hybridized carbons (Fsp3) is 0. The number of rotatable bonds is 10. The van der Waals surface area contributed by atoms with Crippen LogP contribution in [0.15, 0.2) is 291 Å². The summed E-state index contributed by atoms with van der Waals surface area (Å²) < 4.78 is 2.39. The molecule has 0 radical (unpaired) electrons. The minimum absolute atomic E-state index is 1.08. The van der Waals surface area contributed by atoms with Crippen molar-refractivity contribution in [2.75, 3.05) is 4.90 Å². The Morgan fingerprint density at radius 2 is 0.556 bits per heavy atom. The molecule has 0 spiro atoms. The molecule has 1 aromatic heterocycles. The first-order valence-electron chi connectivity index (χ1n) is 24.7. The standard InChI is InChI=1S/C70H48N2/c1-3-15-49(16-4-1)60-45-61(50-17-5-2-6-18-50)47-62(46-60)54-35-41-65(42-36-54)71(63-37-31-52(32-38-63)56-21-13-22-57(43-56)59-30-29-51-19-7-8-20-55(51)44-59)64-39-33-53(34-40-64)58-23-14-24-66(48-58)72-69-27-11-9-25-67(69)68-26-10-12-28-70(68)72/h1-48H. The van der Waals surface area contributed by atoms with Gasteiger partial charge in [-0.2, -0.15) is 0 Å². The topological polar surface area (TPSA) is 8.17 Å². The number of nitrogens with zero attached hydrogens (tertiary/aromatic N) is 2. The SMILES string of the molecule is c1ccc(-c2cc(-c3ccccc3)cc(-c3ccc(N(c4ccc(-c5cccc(-c6ccc7ccccc7c6)c5)cc4)c4ccc(-c5cccc(-n6c7ccccc7c7ccccc76)c5)cc4)cc3)c2)cc1. The van der Waals surface area contributed by atoms with Crippen molar-refractivity contribution >= 4 is 49.6 Å². The summed E-state index contributed by atoms with van der Waals surface area (Å²) in [6.07, 6.45) is 0. The molecule has 0 atom stereocenters. The van der Waals surface area contributed by atoms with Gasteiger partial charge in [0, 0.05) is 33.5 Å². The molecule has 2 heteroatoms. The van der Waals surface area contributed by atoms with Gasteiger partial charge in [-0.1, -0.05) is 200 Å². The van der Waals surface area contributed by atoms with E-state index in [9.17, 15) is 0 Å². The van der Waals surface area contributed by atoms with Gasteiger partial charge in [-0.15, -0.1) is 0 Å².